The molecule has 0 aliphatic heterocycles. The number of halogens is 1. The number of benzene rings is 2. The van der Waals surface area contributed by atoms with Crippen molar-refractivity contribution in [3.8, 4) is 11.5 Å². The molecular weight excluding hydrogens is 249 g/mol. The van der Waals surface area contributed by atoms with E-state index in [1.54, 1.807) is 12.1 Å². The van der Waals surface area contributed by atoms with Crippen molar-refractivity contribution in [1.82, 2.24) is 0 Å². The monoisotopic (exact) mass is 261 g/mol. The van der Waals surface area contributed by atoms with Crippen molar-refractivity contribution in [1.29, 1.82) is 0 Å². The first kappa shape index (κ1) is 13.0. The lowest BCUT2D eigenvalue weighted by Crippen LogP contribution is -1.92. The number of ether oxygens (including phenoxy) is 1. The molecule has 2 rings (SSSR count). The number of hydrogen-bond donors (Lipinski definition) is 0. The summed E-state index contributed by atoms with van der Waals surface area (Å²) in [4.78, 5) is 9.97. The summed E-state index contributed by atoms with van der Waals surface area (Å²) in [6.07, 6.45) is 0.908. The van der Waals surface area contributed by atoms with Crippen molar-refractivity contribution < 1.29 is 14.1 Å². The third-order valence-electron chi connectivity index (χ3n) is 2.63. The van der Waals surface area contributed by atoms with Crippen LogP contribution in [0.5, 0.6) is 11.5 Å². The van der Waals surface area contributed by atoms with E-state index >= 15 is 0 Å². The lowest BCUT2D eigenvalue weighted by molar-refractivity contribution is -0.385. The highest BCUT2D eigenvalue weighted by atomic mass is 19.1. The minimum atomic E-state index is -0.700. The molecule has 0 amide bonds. The fraction of sp³-hybridized carbons (Fsp3) is 0.143. The maximum Gasteiger partial charge on any atom is 0.276 e. The first-order valence-electron chi connectivity index (χ1n) is 5.80. The van der Waals surface area contributed by atoms with E-state index in [9.17, 15) is 14.5 Å². The van der Waals surface area contributed by atoms with Crippen molar-refractivity contribution in [2.24, 2.45) is 0 Å². The van der Waals surface area contributed by atoms with Crippen molar-refractivity contribution in [2.45, 2.75) is 13.3 Å². The summed E-state index contributed by atoms with van der Waals surface area (Å²) in [5.41, 5.74) is 0.817. The topological polar surface area (TPSA) is 52.4 Å². The van der Waals surface area contributed by atoms with E-state index in [2.05, 4.69) is 0 Å². The van der Waals surface area contributed by atoms with Crippen LogP contribution < -0.4 is 4.74 Å². The van der Waals surface area contributed by atoms with E-state index in [0.717, 1.165) is 24.1 Å². The summed E-state index contributed by atoms with van der Waals surface area (Å²) in [5, 5.41) is 10.6. The molecule has 0 unspecified atom stereocenters. The summed E-state index contributed by atoms with van der Waals surface area (Å²) in [6, 6.07) is 10.4. The van der Waals surface area contributed by atoms with Crippen LogP contribution in [-0.4, -0.2) is 4.92 Å². The van der Waals surface area contributed by atoms with Crippen LogP contribution >= 0.6 is 0 Å². The molecule has 19 heavy (non-hydrogen) atoms. The zero-order chi connectivity index (χ0) is 13.8. The lowest BCUT2D eigenvalue weighted by atomic mass is 10.2. The Balaban J connectivity index is 2.24. The van der Waals surface area contributed by atoms with Gasteiger partial charge in [-0.25, -0.2) is 4.39 Å². The average Bonchev–Trinajstić information content (AvgIpc) is 2.39. The van der Waals surface area contributed by atoms with Gasteiger partial charge in [-0.3, -0.25) is 10.1 Å². The van der Waals surface area contributed by atoms with E-state index in [0.29, 0.717) is 5.75 Å². The van der Waals surface area contributed by atoms with E-state index < -0.39 is 10.7 Å². The second-order valence-corrected chi connectivity index (χ2v) is 4.00. The third kappa shape index (κ3) is 3.28. The molecule has 5 heteroatoms. The van der Waals surface area contributed by atoms with E-state index in [1.807, 2.05) is 19.1 Å². The standard InChI is InChI=1S/C14H12FNO3/c1-2-10-3-5-13(6-4-10)19-14-8-11(15)7-12(9-14)16(17)18/h3-9H,2H2,1H3. The van der Waals surface area contributed by atoms with Gasteiger partial charge in [0.05, 0.1) is 17.1 Å². The smallest absolute Gasteiger partial charge is 0.276 e. The van der Waals surface area contributed by atoms with Crippen LogP contribution in [-0.2, 0) is 6.42 Å². The van der Waals surface area contributed by atoms with Crippen molar-refractivity contribution >= 4 is 5.69 Å². The van der Waals surface area contributed by atoms with Crippen LogP contribution in [0.15, 0.2) is 42.5 Å². The van der Waals surface area contributed by atoms with Crippen molar-refractivity contribution in [3.63, 3.8) is 0 Å². The SMILES string of the molecule is CCc1ccc(Oc2cc(F)cc([N+](=O)[O-])c2)cc1. The van der Waals surface area contributed by atoms with Crippen LogP contribution in [0, 0.1) is 15.9 Å². The summed E-state index contributed by atoms with van der Waals surface area (Å²) >= 11 is 0. The molecule has 0 saturated carbocycles. The Morgan fingerprint density at radius 2 is 1.84 bits per heavy atom. The molecule has 0 fully saturated rings. The number of hydrogen-bond acceptors (Lipinski definition) is 3. The van der Waals surface area contributed by atoms with Gasteiger partial charge in [0.25, 0.3) is 5.69 Å². The summed E-state index contributed by atoms with van der Waals surface area (Å²) in [5.74, 6) is -0.0811. The molecule has 0 atom stereocenters. The molecule has 0 radical (unpaired) electrons. The fourth-order valence-corrected chi connectivity index (χ4v) is 1.64. The van der Waals surface area contributed by atoms with Gasteiger partial charge < -0.3 is 4.74 Å². The minimum absolute atomic E-state index is 0.107. The lowest BCUT2D eigenvalue weighted by Gasteiger charge is -2.06. The van der Waals surface area contributed by atoms with Gasteiger partial charge in [0.1, 0.15) is 17.3 Å². The Kier molecular flexibility index (Phi) is 3.75. The van der Waals surface area contributed by atoms with Gasteiger partial charge in [0, 0.05) is 6.07 Å². The van der Waals surface area contributed by atoms with Gasteiger partial charge in [0.15, 0.2) is 0 Å². The first-order valence-corrected chi connectivity index (χ1v) is 5.80. The van der Waals surface area contributed by atoms with Crippen LogP contribution in [0.2, 0.25) is 0 Å². The Morgan fingerprint density at radius 1 is 1.16 bits per heavy atom. The van der Waals surface area contributed by atoms with Gasteiger partial charge in [-0.1, -0.05) is 19.1 Å². The molecule has 0 bridgehead atoms. The fourth-order valence-electron chi connectivity index (χ4n) is 1.64. The highest BCUT2D eigenvalue weighted by Gasteiger charge is 2.11. The molecule has 0 aliphatic carbocycles. The number of non-ortho nitro benzene ring substituents is 1. The quantitative estimate of drug-likeness (QED) is 0.615. The van der Waals surface area contributed by atoms with E-state index in [-0.39, 0.29) is 11.4 Å². The molecule has 0 spiro atoms. The molecule has 0 saturated heterocycles. The Labute approximate surface area is 109 Å². The highest BCUT2D eigenvalue weighted by molar-refractivity contribution is 5.41. The largest absolute Gasteiger partial charge is 0.457 e. The molecule has 2 aromatic carbocycles. The average molecular weight is 261 g/mol. The molecule has 0 aromatic heterocycles. The number of nitro groups is 1. The second kappa shape index (κ2) is 5.48. The predicted octanol–water partition coefficient (Wildman–Crippen LogP) is 4.09. The van der Waals surface area contributed by atoms with Crippen molar-refractivity contribution in [2.75, 3.05) is 0 Å². The van der Waals surface area contributed by atoms with Crippen LogP contribution in [0.3, 0.4) is 0 Å². The van der Waals surface area contributed by atoms with E-state index in [1.165, 1.54) is 6.07 Å². The Morgan fingerprint density at radius 3 is 2.42 bits per heavy atom. The summed E-state index contributed by atoms with van der Waals surface area (Å²) in [6.45, 7) is 2.03. The minimum Gasteiger partial charge on any atom is -0.457 e. The second-order valence-electron chi connectivity index (χ2n) is 4.00. The molecule has 0 N–H and O–H groups in total. The van der Waals surface area contributed by atoms with Crippen LogP contribution in [0.1, 0.15) is 12.5 Å². The maximum absolute atomic E-state index is 13.2. The third-order valence-corrected chi connectivity index (χ3v) is 2.63. The van der Waals surface area contributed by atoms with Gasteiger partial charge in [-0.2, -0.15) is 0 Å². The predicted molar refractivity (Wildman–Crippen MR) is 68.9 cm³/mol. The van der Waals surface area contributed by atoms with E-state index in [4.69, 9.17) is 4.74 Å². The summed E-state index contributed by atoms with van der Waals surface area (Å²) < 4.78 is 18.6. The molecule has 4 nitrogen and oxygen atoms in total. The molecule has 0 aliphatic rings. The number of aryl methyl sites for hydroxylation is 1. The molecule has 2 aromatic rings. The number of nitrogens with zero attached hydrogens (tertiary/aromatic N) is 1. The number of rotatable bonds is 4. The van der Waals surface area contributed by atoms with Gasteiger partial charge in [-0.15, -0.1) is 0 Å². The zero-order valence-corrected chi connectivity index (χ0v) is 10.3. The Bertz CT molecular complexity index is 596. The van der Waals surface area contributed by atoms with Gasteiger partial charge >= 0.3 is 0 Å². The summed E-state index contributed by atoms with van der Waals surface area (Å²) in [7, 11) is 0. The molecular formula is C14H12FNO3. The van der Waals surface area contributed by atoms with Crippen molar-refractivity contribution in [3.05, 3.63) is 64.0 Å². The number of nitro benzene ring substituents is 1. The maximum atomic E-state index is 13.2. The van der Waals surface area contributed by atoms with Gasteiger partial charge in [-0.05, 0) is 24.1 Å². The normalized spacial score (nSPS) is 10.2. The van der Waals surface area contributed by atoms with Crippen LogP contribution in [0.25, 0.3) is 0 Å². The first-order chi connectivity index (χ1) is 9.08. The van der Waals surface area contributed by atoms with Gasteiger partial charge in [0.2, 0.25) is 0 Å². The molecule has 0 heterocycles. The highest BCUT2D eigenvalue weighted by Crippen LogP contribution is 2.26. The van der Waals surface area contributed by atoms with Crippen LogP contribution in [0.4, 0.5) is 10.1 Å². The Hall–Kier alpha value is -2.43. The molecule has 98 valence electrons. The zero-order valence-electron chi connectivity index (χ0n) is 10.3.